The monoisotopic (exact) mass is 429 g/mol. The van der Waals surface area contributed by atoms with Crippen molar-refractivity contribution in [2.45, 2.75) is 39.0 Å². The minimum absolute atomic E-state index is 0.106. The summed E-state index contributed by atoms with van der Waals surface area (Å²) in [7, 11) is 0. The number of benzene rings is 2. The normalized spacial score (nSPS) is 10.8. The average Bonchev–Trinajstić information content (AvgIpc) is 3.11. The molecule has 0 fully saturated rings. The van der Waals surface area contributed by atoms with Gasteiger partial charge in [0.15, 0.2) is 11.0 Å². The van der Waals surface area contributed by atoms with Crippen molar-refractivity contribution in [2.24, 2.45) is 0 Å². The van der Waals surface area contributed by atoms with E-state index in [0.29, 0.717) is 11.6 Å². The highest BCUT2D eigenvalue weighted by Crippen LogP contribution is 2.24. The van der Waals surface area contributed by atoms with E-state index in [2.05, 4.69) is 39.9 Å². The van der Waals surface area contributed by atoms with Crippen LogP contribution in [0.5, 0.6) is 0 Å². The van der Waals surface area contributed by atoms with Gasteiger partial charge >= 0.3 is 0 Å². The third-order valence-electron chi connectivity index (χ3n) is 4.49. The molecular weight excluding hydrogens is 406 g/mol. The molecule has 0 aliphatic heterocycles. The molecule has 0 atom stereocenters. The number of halogens is 1. The Hall–Kier alpha value is -2.51. The summed E-state index contributed by atoms with van der Waals surface area (Å²) in [5.41, 5.74) is 3.83. The Morgan fingerprint density at radius 3 is 2.62 bits per heavy atom. The Morgan fingerprint density at radius 2 is 1.90 bits per heavy atom. The predicted octanol–water partition coefficient (Wildman–Crippen LogP) is 4.91. The van der Waals surface area contributed by atoms with Crippen LogP contribution in [0.15, 0.2) is 47.6 Å². The Balaban J connectivity index is 1.58. The minimum Gasteiger partial charge on any atom is -0.378 e. The first-order valence-corrected chi connectivity index (χ1v) is 10.7. The SMILES string of the molecule is CCn1c(CNc2ccc(C)cc2)nnc1SCC(=O)Nc1cccc(Cl)c1C. The number of anilines is 2. The lowest BCUT2D eigenvalue weighted by molar-refractivity contribution is -0.113. The molecule has 1 heterocycles. The molecular formula is C21H24ClN5OS. The van der Waals surface area contributed by atoms with Gasteiger partial charge in [0.1, 0.15) is 0 Å². The van der Waals surface area contributed by atoms with Gasteiger partial charge in [-0.2, -0.15) is 0 Å². The molecule has 0 unspecified atom stereocenters. The second kappa shape index (κ2) is 9.80. The number of rotatable bonds is 8. The summed E-state index contributed by atoms with van der Waals surface area (Å²) in [6.07, 6.45) is 0. The van der Waals surface area contributed by atoms with Gasteiger partial charge in [-0.25, -0.2) is 0 Å². The topological polar surface area (TPSA) is 71.8 Å². The van der Waals surface area contributed by atoms with Crippen molar-refractivity contribution < 1.29 is 4.79 Å². The van der Waals surface area contributed by atoms with Gasteiger partial charge in [0.05, 0.1) is 12.3 Å². The number of hydrogen-bond donors (Lipinski definition) is 2. The van der Waals surface area contributed by atoms with Crippen molar-refractivity contribution in [1.29, 1.82) is 0 Å². The highest BCUT2D eigenvalue weighted by Gasteiger charge is 2.14. The van der Waals surface area contributed by atoms with E-state index in [1.165, 1.54) is 17.3 Å². The van der Waals surface area contributed by atoms with Crippen LogP contribution >= 0.6 is 23.4 Å². The van der Waals surface area contributed by atoms with Crippen LogP contribution in [0.1, 0.15) is 23.9 Å². The lowest BCUT2D eigenvalue weighted by atomic mass is 10.2. The number of carbonyl (C=O) groups excluding carboxylic acids is 1. The van der Waals surface area contributed by atoms with Gasteiger partial charge in [0.2, 0.25) is 5.91 Å². The fourth-order valence-corrected chi connectivity index (χ4v) is 3.78. The number of thioether (sulfide) groups is 1. The predicted molar refractivity (Wildman–Crippen MR) is 120 cm³/mol. The van der Waals surface area contributed by atoms with Crippen molar-refractivity contribution in [1.82, 2.24) is 14.8 Å². The maximum atomic E-state index is 12.3. The van der Waals surface area contributed by atoms with Crippen LogP contribution in [-0.2, 0) is 17.9 Å². The van der Waals surface area contributed by atoms with Gasteiger partial charge < -0.3 is 15.2 Å². The number of aryl methyl sites for hydroxylation is 1. The molecule has 0 aliphatic carbocycles. The highest BCUT2D eigenvalue weighted by atomic mass is 35.5. The third kappa shape index (κ3) is 5.52. The first-order valence-electron chi connectivity index (χ1n) is 9.38. The van der Waals surface area contributed by atoms with Gasteiger partial charge in [-0.15, -0.1) is 10.2 Å². The molecule has 0 radical (unpaired) electrons. The number of nitrogens with one attached hydrogen (secondary N) is 2. The summed E-state index contributed by atoms with van der Waals surface area (Å²) in [6, 6.07) is 13.7. The lowest BCUT2D eigenvalue weighted by Crippen LogP contribution is -2.15. The Kier molecular flexibility index (Phi) is 7.17. The molecule has 3 aromatic rings. The second-order valence-corrected chi connectivity index (χ2v) is 7.96. The molecule has 2 aromatic carbocycles. The summed E-state index contributed by atoms with van der Waals surface area (Å²) in [4.78, 5) is 12.3. The van der Waals surface area contributed by atoms with E-state index >= 15 is 0 Å². The van der Waals surface area contributed by atoms with Crippen LogP contribution in [-0.4, -0.2) is 26.4 Å². The summed E-state index contributed by atoms with van der Waals surface area (Å²) in [5.74, 6) is 0.974. The molecule has 1 amide bonds. The first-order chi connectivity index (χ1) is 14.0. The average molecular weight is 430 g/mol. The van der Waals surface area contributed by atoms with Crippen molar-refractivity contribution in [2.75, 3.05) is 16.4 Å². The van der Waals surface area contributed by atoms with Gasteiger partial charge in [-0.3, -0.25) is 4.79 Å². The molecule has 0 saturated carbocycles. The molecule has 3 rings (SSSR count). The van der Waals surface area contributed by atoms with Crippen LogP contribution in [0.3, 0.4) is 0 Å². The van der Waals surface area contributed by atoms with Gasteiger partial charge in [0, 0.05) is 22.9 Å². The van der Waals surface area contributed by atoms with Crippen molar-refractivity contribution >= 4 is 40.6 Å². The van der Waals surface area contributed by atoms with Gasteiger partial charge in [0.25, 0.3) is 0 Å². The second-order valence-electron chi connectivity index (χ2n) is 6.61. The first kappa shape index (κ1) is 21.2. The van der Waals surface area contributed by atoms with Crippen LogP contribution in [0.4, 0.5) is 11.4 Å². The molecule has 0 spiro atoms. The van der Waals surface area contributed by atoms with Crippen LogP contribution in [0.25, 0.3) is 0 Å². The van der Waals surface area contributed by atoms with Crippen molar-refractivity contribution in [3.63, 3.8) is 0 Å². The number of carbonyl (C=O) groups is 1. The molecule has 0 aliphatic rings. The summed E-state index contributed by atoms with van der Waals surface area (Å²) in [6.45, 7) is 7.28. The van der Waals surface area contributed by atoms with Gasteiger partial charge in [-0.05, 0) is 50.6 Å². The van der Waals surface area contributed by atoms with E-state index in [9.17, 15) is 4.79 Å². The summed E-state index contributed by atoms with van der Waals surface area (Å²) >= 11 is 7.48. The zero-order chi connectivity index (χ0) is 20.8. The fourth-order valence-electron chi connectivity index (χ4n) is 2.79. The molecule has 152 valence electrons. The zero-order valence-electron chi connectivity index (χ0n) is 16.7. The molecule has 0 bridgehead atoms. The summed E-state index contributed by atoms with van der Waals surface area (Å²) < 4.78 is 2.02. The maximum Gasteiger partial charge on any atom is 0.234 e. The van der Waals surface area contributed by atoms with Crippen molar-refractivity contribution in [3.8, 4) is 0 Å². The Morgan fingerprint density at radius 1 is 1.14 bits per heavy atom. The summed E-state index contributed by atoms with van der Waals surface area (Å²) in [5, 5.41) is 16.2. The van der Waals surface area contributed by atoms with Crippen LogP contribution < -0.4 is 10.6 Å². The number of nitrogens with zero attached hydrogens (tertiary/aromatic N) is 3. The van der Waals surface area contributed by atoms with Crippen LogP contribution in [0.2, 0.25) is 5.02 Å². The number of amides is 1. The van der Waals surface area contributed by atoms with E-state index in [1.54, 1.807) is 6.07 Å². The Labute approximate surface area is 180 Å². The lowest BCUT2D eigenvalue weighted by Gasteiger charge is -2.10. The Bertz CT molecular complexity index is 987. The quantitative estimate of drug-likeness (QED) is 0.498. The standard InChI is InChI=1S/C21H24ClN5OS/c1-4-27-19(12-23-16-10-8-14(2)9-11-16)25-26-21(27)29-13-20(28)24-18-7-5-6-17(22)15(18)3/h5-11,23H,4,12-13H2,1-3H3,(H,24,28). The largest absolute Gasteiger partial charge is 0.378 e. The fraction of sp³-hybridized carbons (Fsp3) is 0.286. The molecule has 29 heavy (non-hydrogen) atoms. The molecule has 2 N–H and O–H groups in total. The molecule has 1 aromatic heterocycles. The van der Waals surface area contributed by atoms with E-state index in [4.69, 9.17) is 11.6 Å². The number of hydrogen-bond acceptors (Lipinski definition) is 5. The molecule has 8 heteroatoms. The highest BCUT2D eigenvalue weighted by molar-refractivity contribution is 7.99. The van der Waals surface area contributed by atoms with Crippen LogP contribution in [0, 0.1) is 13.8 Å². The third-order valence-corrected chi connectivity index (χ3v) is 5.86. The minimum atomic E-state index is -0.106. The zero-order valence-corrected chi connectivity index (χ0v) is 18.3. The van der Waals surface area contributed by atoms with E-state index in [1.807, 2.05) is 42.7 Å². The molecule has 0 saturated heterocycles. The van der Waals surface area contributed by atoms with E-state index < -0.39 is 0 Å². The smallest absolute Gasteiger partial charge is 0.234 e. The number of aromatic nitrogens is 3. The van der Waals surface area contributed by atoms with Gasteiger partial charge in [-0.1, -0.05) is 47.1 Å². The van der Waals surface area contributed by atoms with E-state index in [-0.39, 0.29) is 11.7 Å². The maximum absolute atomic E-state index is 12.3. The van der Waals surface area contributed by atoms with Crippen molar-refractivity contribution in [3.05, 3.63) is 64.4 Å². The van der Waals surface area contributed by atoms with E-state index in [0.717, 1.165) is 34.5 Å². The molecule has 6 nitrogen and oxygen atoms in total.